The molecular weight excluding hydrogens is 519 g/mol. The monoisotopic (exact) mass is 552 g/mol. The Labute approximate surface area is 235 Å². The minimum absolute atomic E-state index is 0.196. The molecule has 1 N–H and O–H groups in total. The van der Waals surface area contributed by atoms with Crippen molar-refractivity contribution in [3.8, 4) is 11.4 Å². The van der Waals surface area contributed by atoms with E-state index in [0.29, 0.717) is 13.0 Å². The number of hydrogen-bond acceptors (Lipinski definition) is 4. The van der Waals surface area contributed by atoms with Crippen LogP contribution in [0.1, 0.15) is 20.3 Å². The van der Waals surface area contributed by atoms with Gasteiger partial charge < -0.3 is 0 Å². The molecule has 1 atom stereocenters. The van der Waals surface area contributed by atoms with Gasteiger partial charge in [-0.3, -0.25) is 0 Å². The zero-order valence-corrected chi connectivity index (χ0v) is 24.0. The van der Waals surface area contributed by atoms with Gasteiger partial charge in [0, 0.05) is 0 Å². The van der Waals surface area contributed by atoms with Gasteiger partial charge in [-0.05, 0) is 0 Å². The molecule has 0 saturated heterocycles. The first-order chi connectivity index (χ1) is 19.2. The second-order valence-corrected chi connectivity index (χ2v) is 14.2. The van der Waals surface area contributed by atoms with E-state index >= 15 is 0 Å². The molecule has 0 aliphatic rings. The van der Waals surface area contributed by atoms with Gasteiger partial charge in [-0.2, -0.15) is 0 Å². The van der Waals surface area contributed by atoms with Crippen LogP contribution in [0.4, 0.5) is 0 Å². The van der Waals surface area contributed by atoms with Gasteiger partial charge in [0.15, 0.2) is 0 Å². The molecule has 0 radical (unpaired) electrons. The number of imidazole rings is 1. The number of carbonyl (C=O) groups is 1. The Hall–Kier alpha value is -3.66. The number of nitrogens with zero attached hydrogens (tertiary/aromatic N) is 1. The first-order valence-corrected chi connectivity index (χ1v) is 16.2. The quantitative estimate of drug-likeness (QED) is 0.134. The molecule has 6 heteroatoms. The van der Waals surface area contributed by atoms with Crippen molar-refractivity contribution in [2.45, 2.75) is 30.5 Å². The summed E-state index contributed by atoms with van der Waals surface area (Å²) in [7, 11) is -2.90. The molecule has 0 saturated carbocycles. The Morgan fingerprint density at radius 2 is 1.23 bits per heavy atom. The maximum atomic E-state index is 13.0. The molecule has 1 aromatic heterocycles. The number of hydrogen-bond donors (Lipinski definition) is 1. The number of carbonyl (C=O) groups excluding carboxylic acids is 1. The van der Waals surface area contributed by atoms with E-state index in [9.17, 15) is 4.79 Å². The number of rotatable bonds is 10. The molecule has 39 heavy (non-hydrogen) atoms. The number of esters is 1. The van der Waals surface area contributed by atoms with E-state index in [4.69, 9.17) is 9.72 Å². The Kier molecular flexibility index (Phi) is 8.61. The van der Waals surface area contributed by atoms with Crippen molar-refractivity contribution in [2.75, 3.05) is 6.61 Å². The zero-order valence-electron chi connectivity index (χ0n) is 22.2. The molecule has 1 heterocycles. The van der Waals surface area contributed by atoms with E-state index in [1.165, 1.54) is 27.7 Å². The van der Waals surface area contributed by atoms with Crippen LogP contribution in [0.15, 0.2) is 126 Å². The zero-order chi connectivity index (χ0) is 27.1. The Morgan fingerprint density at radius 3 is 1.67 bits per heavy atom. The van der Waals surface area contributed by atoms with Crippen LogP contribution in [0.2, 0.25) is 0 Å². The summed E-state index contributed by atoms with van der Waals surface area (Å²) in [5.41, 5.74) is 2.00. The van der Waals surface area contributed by atoms with Crippen molar-refractivity contribution in [1.82, 2.24) is 9.97 Å². The van der Waals surface area contributed by atoms with E-state index in [1.54, 1.807) is 0 Å². The third kappa shape index (κ3) is 5.43. The first kappa shape index (κ1) is 26.9. The maximum absolute atomic E-state index is 13.0. The summed E-state index contributed by atoms with van der Waals surface area (Å²) in [6.07, 6.45) is 0.652. The molecule has 5 aromatic rings. The van der Waals surface area contributed by atoms with Gasteiger partial charge in [-0.25, -0.2) is 0 Å². The topological polar surface area (TPSA) is 55.0 Å². The van der Waals surface area contributed by atoms with Crippen molar-refractivity contribution in [3.63, 3.8) is 0 Å². The van der Waals surface area contributed by atoms with Gasteiger partial charge in [0.25, 0.3) is 0 Å². The first-order valence-electron chi connectivity index (χ1n) is 13.3. The Morgan fingerprint density at radius 1 is 0.769 bits per heavy atom. The van der Waals surface area contributed by atoms with E-state index in [0.717, 1.165) is 21.8 Å². The fourth-order valence-corrected chi connectivity index (χ4v) is 11.2. The predicted molar refractivity (Wildman–Crippen MR) is 167 cm³/mol. The molecule has 198 valence electrons. The standard InChI is InChI=1S/C33H33N2O2PS/c1-3-29(33(36)37-4-2)39-32-31(34-30(35-32)25-17-9-5-10-18-25)38(26-19-11-6-12-20-26,27-21-13-7-14-22-27)28-23-15-8-16-24-28/h5-24,29,38H,3-4H2,1-2H3,(H,34,35). The third-order valence-corrected chi connectivity index (χ3v) is 13.1. The van der Waals surface area contributed by atoms with Crippen LogP contribution in [0.5, 0.6) is 0 Å². The van der Waals surface area contributed by atoms with Crippen LogP contribution in [-0.4, -0.2) is 27.8 Å². The van der Waals surface area contributed by atoms with E-state index in [2.05, 4.69) is 108 Å². The Balaban J connectivity index is 1.84. The normalized spacial score (nSPS) is 12.6. The summed E-state index contributed by atoms with van der Waals surface area (Å²) in [5, 5.41) is 4.28. The molecule has 4 aromatic carbocycles. The molecular formula is C33H33N2O2PS. The predicted octanol–water partition coefficient (Wildman–Crippen LogP) is 5.86. The van der Waals surface area contributed by atoms with Gasteiger partial charge in [0.05, 0.1) is 0 Å². The summed E-state index contributed by atoms with van der Waals surface area (Å²) in [4.78, 5) is 22.0. The van der Waals surface area contributed by atoms with Crippen molar-refractivity contribution >= 4 is 46.3 Å². The second-order valence-electron chi connectivity index (χ2n) is 9.24. The number of ether oxygens (including phenoxy) is 1. The number of aromatic amines is 1. The van der Waals surface area contributed by atoms with Gasteiger partial charge in [-0.1, -0.05) is 0 Å². The molecule has 0 spiro atoms. The summed E-state index contributed by atoms with van der Waals surface area (Å²) < 4.78 is 5.46. The number of H-pyrrole nitrogens is 1. The summed E-state index contributed by atoms with van der Waals surface area (Å²) in [6, 6.07) is 42.3. The van der Waals surface area contributed by atoms with Gasteiger partial charge in [0.1, 0.15) is 0 Å². The fourth-order valence-electron chi connectivity index (χ4n) is 5.08. The van der Waals surface area contributed by atoms with Crippen LogP contribution in [0.25, 0.3) is 11.4 Å². The number of nitrogens with one attached hydrogen (secondary N) is 1. The van der Waals surface area contributed by atoms with E-state index < -0.39 is 7.26 Å². The van der Waals surface area contributed by atoms with E-state index in [-0.39, 0.29) is 11.2 Å². The third-order valence-electron chi connectivity index (χ3n) is 6.87. The average Bonchev–Trinajstić information content (AvgIpc) is 3.42. The number of benzene rings is 4. The van der Waals surface area contributed by atoms with Crippen LogP contribution >= 0.6 is 19.0 Å². The molecule has 0 amide bonds. The van der Waals surface area contributed by atoms with Crippen molar-refractivity contribution in [2.24, 2.45) is 0 Å². The molecule has 4 nitrogen and oxygen atoms in total. The van der Waals surface area contributed by atoms with Crippen LogP contribution in [0, 0.1) is 0 Å². The average molecular weight is 553 g/mol. The molecule has 0 bridgehead atoms. The number of aromatic nitrogens is 2. The second kappa shape index (κ2) is 12.5. The SMILES string of the molecule is CCOC(=O)C(CC)Sc1[nH]c(-c2ccccc2)nc1[PH](c1ccccc1)(c1ccccc1)c1ccccc1. The van der Waals surface area contributed by atoms with Crippen LogP contribution in [0.3, 0.4) is 0 Å². The van der Waals surface area contributed by atoms with Gasteiger partial charge in [-0.15, -0.1) is 0 Å². The fraction of sp³-hybridized carbons (Fsp3) is 0.152. The molecule has 0 aliphatic heterocycles. The summed E-state index contributed by atoms with van der Waals surface area (Å²) >= 11 is 1.53. The van der Waals surface area contributed by atoms with Crippen LogP contribution in [-0.2, 0) is 9.53 Å². The minimum atomic E-state index is -2.90. The molecule has 0 aliphatic carbocycles. The molecule has 1 unspecified atom stereocenters. The molecule has 5 rings (SSSR count). The summed E-state index contributed by atoms with van der Waals surface area (Å²) in [5.74, 6) is 0.602. The molecule has 0 fully saturated rings. The van der Waals surface area contributed by atoms with Crippen molar-refractivity contribution < 1.29 is 9.53 Å². The summed E-state index contributed by atoms with van der Waals surface area (Å²) in [6.45, 7) is 4.24. The van der Waals surface area contributed by atoms with Gasteiger partial charge in [0.2, 0.25) is 0 Å². The van der Waals surface area contributed by atoms with Crippen molar-refractivity contribution in [3.05, 3.63) is 121 Å². The number of thioether (sulfide) groups is 1. The Bertz CT molecular complexity index is 1400. The van der Waals surface area contributed by atoms with Crippen LogP contribution < -0.4 is 21.3 Å². The van der Waals surface area contributed by atoms with Crippen molar-refractivity contribution in [1.29, 1.82) is 0 Å². The van der Waals surface area contributed by atoms with Gasteiger partial charge >= 0.3 is 236 Å². The van der Waals surface area contributed by atoms with E-state index in [1.807, 2.05) is 32.0 Å².